The number of Topliss-reactive ketones (excluding diaryl/α,β-unsaturated/α-hetero) is 1. The van der Waals surface area contributed by atoms with E-state index >= 15 is 0 Å². The second kappa shape index (κ2) is 7.89. The van der Waals surface area contributed by atoms with Crippen molar-refractivity contribution < 1.29 is 27.6 Å². The SMILES string of the molecule is Cc1c(C(=O)Nc2ccc(F)cc2)c2n(c1C(=O)C(=O)NC1(C3CNNN3)CC(F)(F)C1)C[C@H]1C[C@@H]21. The number of fused-ring (bicyclic) bond motifs is 3. The Morgan fingerprint density at radius 1 is 1.14 bits per heavy atom. The third kappa shape index (κ3) is 3.62. The monoisotopic (exact) mass is 502 g/mol. The van der Waals surface area contributed by atoms with Gasteiger partial charge in [0.25, 0.3) is 23.5 Å². The van der Waals surface area contributed by atoms with Gasteiger partial charge in [-0.3, -0.25) is 14.4 Å². The number of hydrazine groups is 2. The fraction of sp³-hybridized carbons (Fsp3) is 0.458. The molecule has 0 spiro atoms. The van der Waals surface area contributed by atoms with Crippen LogP contribution in [0, 0.1) is 18.7 Å². The second-order valence-electron chi connectivity index (χ2n) is 10.3. The molecule has 5 N–H and O–H groups in total. The van der Waals surface area contributed by atoms with Gasteiger partial charge in [-0.05, 0) is 49.1 Å². The summed E-state index contributed by atoms with van der Waals surface area (Å²) < 4.78 is 42.7. The minimum Gasteiger partial charge on any atom is -0.342 e. The van der Waals surface area contributed by atoms with Crippen molar-refractivity contribution in [2.75, 3.05) is 11.9 Å². The summed E-state index contributed by atoms with van der Waals surface area (Å²) in [6.07, 6.45) is -0.271. The van der Waals surface area contributed by atoms with Crippen LogP contribution in [0.25, 0.3) is 0 Å². The zero-order valence-corrected chi connectivity index (χ0v) is 19.4. The highest BCUT2D eigenvalue weighted by Crippen LogP contribution is 2.56. The van der Waals surface area contributed by atoms with Crippen LogP contribution in [0.3, 0.4) is 0 Å². The van der Waals surface area contributed by atoms with E-state index in [1.165, 1.54) is 24.3 Å². The van der Waals surface area contributed by atoms with Crippen molar-refractivity contribution in [3.63, 3.8) is 0 Å². The maximum Gasteiger partial charge on any atom is 0.294 e. The molecule has 12 heteroatoms. The van der Waals surface area contributed by atoms with Crippen molar-refractivity contribution in [2.24, 2.45) is 5.92 Å². The number of benzene rings is 1. The van der Waals surface area contributed by atoms with E-state index < -0.39 is 53.8 Å². The Bertz CT molecular complexity index is 1280. The lowest BCUT2D eigenvalue weighted by Crippen LogP contribution is -2.72. The smallest absolute Gasteiger partial charge is 0.294 e. The van der Waals surface area contributed by atoms with Crippen LogP contribution in [-0.4, -0.2) is 46.2 Å². The van der Waals surface area contributed by atoms with E-state index in [9.17, 15) is 27.6 Å². The summed E-state index contributed by atoms with van der Waals surface area (Å²) >= 11 is 0. The molecule has 0 bridgehead atoms. The third-order valence-electron chi connectivity index (χ3n) is 7.81. The first-order valence-corrected chi connectivity index (χ1v) is 11.9. The number of nitrogens with one attached hydrogen (secondary N) is 5. The van der Waals surface area contributed by atoms with E-state index in [4.69, 9.17) is 0 Å². The molecule has 1 aromatic heterocycles. The van der Waals surface area contributed by atoms with Gasteiger partial charge in [-0.2, -0.15) is 5.53 Å². The number of amides is 2. The normalized spacial score (nSPS) is 26.5. The van der Waals surface area contributed by atoms with Crippen LogP contribution in [0.5, 0.6) is 0 Å². The molecule has 3 fully saturated rings. The number of carbonyl (C=O) groups excluding carboxylic acids is 3. The van der Waals surface area contributed by atoms with Crippen molar-refractivity contribution in [2.45, 2.75) is 56.2 Å². The highest BCUT2D eigenvalue weighted by molar-refractivity contribution is 6.43. The van der Waals surface area contributed by atoms with Crippen LogP contribution in [0.1, 0.15) is 57.3 Å². The van der Waals surface area contributed by atoms with Gasteiger partial charge in [-0.25, -0.2) is 24.0 Å². The number of carbonyl (C=O) groups is 3. The van der Waals surface area contributed by atoms with E-state index in [0.29, 0.717) is 41.5 Å². The summed E-state index contributed by atoms with van der Waals surface area (Å²) in [7, 11) is 0. The molecule has 0 radical (unpaired) electrons. The Balaban J connectivity index is 1.29. The molecule has 36 heavy (non-hydrogen) atoms. The average Bonchev–Trinajstić information content (AvgIpc) is 3.14. The van der Waals surface area contributed by atoms with Crippen LogP contribution >= 0.6 is 0 Å². The number of hydrogen-bond donors (Lipinski definition) is 5. The van der Waals surface area contributed by atoms with Crippen LogP contribution in [-0.2, 0) is 11.3 Å². The summed E-state index contributed by atoms with van der Waals surface area (Å²) in [6.45, 7) is 2.42. The Morgan fingerprint density at radius 3 is 2.50 bits per heavy atom. The number of nitrogens with zero attached hydrogens (tertiary/aromatic N) is 1. The second-order valence-corrected chi connectivity index (χ2v) is 10.3. The maximum absolute atomic E-state index is 13.9. The quantitative estimate of drug-likeness (QED) is 0.304. The molecular formula is C24H25F3N6O3. The molecule has 4 aliphatic rings. The van der Waals surface area contributed by atoms with Gasteiger partial charge in [0.05, 0.1) is 22.8 Å². The average molecular weight is 502 g/mol. The fourth-order valence-electron chi connectivity index (χ4n) is 6.03. The van der Waals surface area contributed by atoms with Crippen molar-refractivity contribution in [3.8, 4) is 0 Å². The summed E-state index contributed by atoms with van der Waals surface area (Å²) in [5.41, 5.74) is 8.89. The van der Waals surface area contributed by atoms with Gasteiger partial charge in [-0.1, -0.05) is 0 Å². The van der Waals surface area contributed by atoms with Gasteiger partial charge in [0, 0.05) is 43.2 Å². The molecule has 6 rings (SSSR count). The zero-order valence-electron chi connectivity index (χ0n) is 19.4. The Hall–Kier alpha value is -3.22. The Labute approximate surface area is 204 Å². The van der Waals surface area contributed by atoms with E-state index in [2.05, 4.69) is 27.0 Å². The number of aromatic nitrogens is 1. The first-order valence-electron chi connectivity index (χ1n) is 11.9. The molecule has 1 unspecified atom stereocenters. The molecule has 2 aromatic rings. The van der Waals surface area contributed by atoms with Gasteiger partial charge in [0.1, 0.15) is 5.82 Å². The van der Waals surface area contributed by atoms with Gasteiger partial charge < -0.3 is 15.2 Å². The topological polar surface area (TPSA) is 116 Å². The molecule has 2 aliphatic carbocycles. The first kappa shape index (κ1) is 23.2. The predicted molar refractivity (Wildman–Crippen MR) is 122 cm³/mol. The van der Waals surface area contributed by atoms with Crippen molar-refractivity contribution >= 4 is 23.3 Å². The van der Waals surface area contributed by atoms with Gasteiger partial charge in [-0.15, -0.1) is 0 Å². The number of hydrogen-bond acceptors (Lipinski definition) is 6. The lowest BCUT2D eigenvalue weighted by atomic mass is 9.68. The molecule has 3 atom stereocenters. The van der Waals surface area contributed by atoms with Gasteiger partial charge in [0.2, 0.25) is 0 Å². The highest BCUT2D eigenvalue weighted by atomic mass is 19.3. The Kier molecular flexibility index (Phi) is 5.08. The summed E-state index contributed by atoms with van der Waals surface area (Å²) in [6, 6.07) is 4.80. The standard InChI is InChI=1S/C24H25F3N6O3/c1-11-17(21(35)29-14-4-2-13(25)3-5-14)19-15-6-12(15)8-33(19)18(11)20(34)22(36)30-23(9-24(26,27)10-23)16-7-28-32-31-16/h2-5,12,15-16,28,31-32H,6-10H2,1H3,(H,29,35)(H,30,36)/t12-,15-,16?/m1/s1. The summed E-state index contributed by atoms with van der Waals surface area (Å²) in [5.74, 6) is -5.23. The number of halogens is 3. The molecule has 190 valence electrons. The van der Waals surface area contributed by atoms with Gasteiger partial charge in [0.15, 0.2) is 0 Å². The van der Waals surface area contributed by atoms with Crippen LogP contribution in [0.15, 0.2) is 24.3 Å². The number of anilines is 1. The summed E-state index contributed by atoms with van der Waals surface area (Å²) in [4.78, 5) is 39.8. The number of rotatable bonds is 6. The van der Waals surface area contributed by atoms with Crippen molar-refractivity contribution in [1.29, 1.82) is 0 Å². The van der Waals surface area contributed by atoms with E-state index in [-0.39, 0.29) is 11.6 Å². The molecule has 2 saturated carbocycles. The van der Waals surface area contributed by atoms with Crippen molar-refractivity contribution in [3.05, 3.63) is 52.6 Å². The minimum atomic E-state index is -2.93. The number of ketones is 1. The highest BCUT2D eigenvalue weighted by Gasteiger charge is 2.62. The van der Waals surface area contributed by atoms with Crippen molar-refractivity contribution in [1.82, 2.24) is 26.3 Å². The predicted octanol–water partition coefficient (Wildman–Crippen LogP) is 1.75. The summed E-state index contributed by atoms with van der Waals surface area (Å²) in [5, 5.41) is 5.33. The van der Waals surface area contributed by atoms with E-state index in [0.717, 1.165) is 6.42 Å². The van der Waals surface area contributed by atoms with Crippen LogP contribution < -0.4 is 27.0 Å². The molecule has 3 heterocycles. The zero-order chi connectivity index (χ0) is 25.4. The van der Waals surface area contributed by atoms with Gasteiger partial charge >= 0.3 is 0 Å². The third-order valence-corrected chi connectivity index (χ3v) is 7.81. The fourth-order valence-corrected chi connectivity index (χ4v) is 6.03. The lowest BCUT2D eigenvalue weighted by Gasteiger charge is -2.50. The molecule has 1 saturated heterocycles. The largest absolute Gasteiger partial charge is 0.342 e. The maximum atomic E-state index is 13.9. The van der Waals surface area contributed by atoms with Crippen LogP contribution in [0.2, 0.25) is 0 Å². The Morgan fingerprint density at radius 2 is 1.86 bits per heavy atom. The molecule has 9 nitrogen and oxygen atoms in total. The first-order chi connectivity index (χ1) is 17.1. The molecular weight excluding hydrogens is 477 g/mol. The van der Waals surface area contributed by atoms with Crippen LogP contribution in [0.4, 0.5) is 18.9 Å². The molecule has 1 aromatic carbocycles. The lowest BCUT2D eigenvalue weighted by molar-refractivity contribution is -0.151. The van der Waals surface area contributed by atoms with E-state index in [1.807, 2.05) is 0 Å². The van der Waals surface area contributed by atoms with E-state index in [1.54, 1.807) is 11.5 Å². The minimum absolute atomic E-state index is 0.107. The number of alkyl halides is 2. The molecule has 2 aliphatic heterocycles. The molecule has 2 amide bonds.